The van der Waals surface area contributed by atoms with Crippen LogP contribution in [0.3, 0.4) is 0 Å². The van der Waals surface area contributed by atoms with E-state index in [1.165, 1.54) is 0 Å². The molecule has 0 aliphatic rings. The number of rotatable bonds is 3. The molecule has 0 saturated heterocycles. The number of para-hydroxylation sites is 1. The van der Waals surface area contributed by atoms with Gasteiger partial charge < -0.3 is 4.42 Å². The van der Waals surface area contributed by atoms with Crippen molar-refractivity contribution in [1.82, 2.24) is 0 Å². The molecule has 0 unspecified atom stereocenters. The molecule has 1 aromatic heterocycles. The van der Waals surface area contributed by atoms with E-state index in [2.05, 4.69) is 12.1 Å². The van der Waals surface area contributed by atoms with E-state index < -0.39 is 24.2 Å². The van der Waals surface area contributed by atoms with Gasteiger partial charge >= 0.3 is 0 Å². The Bertz CT molecular complexity index is 2870. The predicted molar refractivity (Wildman–Crippen MR) is 183 cm³/mol. The SMILES string of the molecule is [2H]c1c([2H])c([2H])c2c(-c3cccc(-c4cccc5c4oc4c6ccccc6ccc54)c3)c3c([2H])c([2H])c([2H])c([2H])c3c(-c3ccccc3)c2c1[2H]. The quantitative estimate of drug-likeness (QED) is 0.198. The molecule has 0 saturated carbocycles. The summed E-state index contributed by atoms with van der Waals surface area (Å²) >= 11 is 0. The summed E-state index contributed by atoms with van der Waals surface area (Å²) in [4.78, 5) is 0. The van der Waals surface area contributed by atoms with Crippen LogP contribution in [0.1, 0.15) is 11.0 Å². The zero-order valence-electron chi connectivity index (χ0n) is 30.8. The monoisotopic (exact) mass is 554 g/mol. The molecule has 200 valence electrons. The van der Waals surface area contributed by atoms with Crippen LogP contribution in [-0.2, 0) is 0 Å². The number of furan rings is 1. The van der Waals surface area contributed by atoms with Gasteiger partial charge in [0.15, 0.2) is 0 Å². The van der Waals surface area contributed by atoms with Gasteiger partial charge in [0.2, 0.25) is 0 Å². The molecule has 43 heavy (non-hydrogen) atoms. The van der Waals surface area contributed by atoms with E-state index >= 15 is 0 Å². The van der Waals surface area contributed by atoms with Crippen molar-refractivity contribution >= 4 is 54.3 Å². The maximum Gasteiger partial charge on any atom is 0.143 e. The van der Waals surface area contributed by atoms with Gasteiger partial charge in [-0.05, 0) is 66.9 Å². The normalized spacial score (nSPS) is 14.3. The van der Waals surface area contributed by atoms with Gasteiger partial charge in [0.05, 0.1) is 11.0 Å². The summed E-state index contributed by atoms with van der Waals surface area (Å²) < 4.78 is 78.1. The molecule has 0 aliphatic carbocycles. The van der Waals surface area contributed by atoms with Crippen LogP contribution in [0, 0.1) is 0 Å². The molecular formula is C42H26O. The summed E-state index contributed by atoms with van der Waals surface area (Å²) in [7, 11) is 0. The predicted octanol–water partition coefficient (Wildman–Crippen LogP) is 12.0. The zero-order chi connectivity index (χ0) is 35.3. The molecule has 0 aliphatic heterocycles. The Morgan fingerprint density at radius 1 is 0.395 bits per heavy atom. The molecule has 8 aromatic carbocycles. The topological polar surface area (TPSA) is 13.1 Å². The van der Waals surface area contributed by atoms with Crippen LogP contribution in [-0.4, -0.2) is 0 Å². The molecule has 0 fully saturated rings. The molecule has 0 spiro atoms. The van der Waals surface area contributed by atoms with Crippen LogP contribution in [0.25, 0.3) is 87.6 Å². The maximum atomic E-state index is 9.23. The minimum Gasteiger partial charge on any atom is -0.455 e. The molecular weight excluding hydrogens is 520 g/mol. The summed E-state index contributed by atoms with van der Waals surface area (Å²) in [5, 5.41) is 4.76. The average molecular weight is 555 g/mol. The third-order valence-electron chi connectivity index (χ3n) is 8.29. The number of fused-ring (bicyclic) bond motifs is 7. The Kier molecular flexibility index (Phi) is 3.80. The fraction of sp³-hybridized carbons (Fsp3) is 0. The molecule has 9 rings (SSSR count). The van der Waals surface area contributed by atoms with Crippen molar-refractivity contribution in [1.29, 1.82) is 0 Å². The van der Waals surface area contributed by atoms with E-state index in [1.54, 1.807) is 24.3 Å². The van der Waals surface area contributed by atoms with Crippen molar-refractivity contribution in [3.05, 3.63) is 158 Å². The summed E-state index contributed by atoms with van der Waals surface area (Å²) in [6.45, 7) is 0. The summed E-state index contributed by atoms with van der Waals surface area (Å²) in [5.74, 6) is 0. The van der Waals surface area contributed by atoms with E-state index in [1.807, 2.05) is 72.8 Å². The Hall–Kier alpha value is -5.66. The van der Waals surface area contributed by atoms with Crippen molar-refractivity contribution in [2.45, 2.75) is 0 Å². The van der Waals surface area contributed by atoms with E-state index in [0.29, 0.717) is 27.8 Å². The van der Waals surface area contributed by atoms with Crippen LogP contribution < -0.4 is 0 Å². The molecule has 0 N–H and O–H groups in total. The summed E-state index contributed by atoms with van der Waals surface area (Å²) in [5.41, 5.74) is 4.82. The lowest BCUT2D eigenvalue weighted by Gasteiger charge is -2.18. The van der Waals surface area contributed by atoms with Gasteiger partial charge in [-0.2, -0.15) is 0 Å². The van der Waals surface area contributed by atoms with E-state index in [0.717, 1.165) is 38.3 Å². The van der Waals surface area contributed by atoms with Crippen LogP contribution in [0.4, 0.5) is 0 Å². The molecule has 0 atom stereocenters. The second kappa shape index (κ2) is 9.44. The van der Waals surface area contributed by atoms with Gasteiger partial charge in [0.1, 0.15) is 11.2 Å². The fourth-order valence-electron chi connectivity index (χ4n) is 6.40. The Morgan fingerprint density at radius 2 is 0.953 bits per heavy atom. The molecule has 0 radical (unpaired) electrons. The number of hydrogen-bond donors (Lipinski definition) is 0. The van der Waals surface area contributed by atoms with Gasteiger partial charge in [-0.25, -0.2) is 0 Å². The maximum absolute atomic E-state index is 9.23. The van der Waals surface area contributed by atoms with Gasteiger partial charge in [0, 0.05) is 21.7 Å². The molecule has 9 aromatic rings. The highest BCUT2D eigenvalue weighted by Crippen LogP contribution is 2.45. The first-order valence-corrected chi connectivity index (χ1v) is 14.1. The minimum atomic E-state index is -0.427. The lowest BCUT2D eigenvalue weighted by atomic mass is 9.85. The van der Waals surface area contributed by atoms with Crippen molar-refractivity contribution in [3.8, 4) is 33.4 Å². The first-order chi connectivity index (χ1) is 24.7. The van der Waals surface area contributed by atoms with E-state index in [9.17, 15) is 2.74 Å². The molecule has 1 heterocycles. The van der Waals surface area contributed by atoms with Crippen LogP contribution >= 0.6 is 0 Å². The smallest absolute Gasteiger partial charge is 0.143 e. The van der Waals surface area contributed by atoms with E-state index in [4.69, 9.17) is 12.6 Å². The first-order valence-electron chi connectivity index (χ1n) is 18.1. The van der Waals surface area contributed by atoms with Crippen LogP contribution in [0.15, 0.2) is 162 Å². The Balaban J connectivity index is 1.43. The largest absolute Gasteiger partial charge is 0.455 e. The van der Waals surface area contributed by atoms with Gasteiger partial charge in [-0.3, -0.25) is 0 Å². The van der Waals surface area contributed by atoms with Crippen LogP contribution in [0.5, 0.6) is 0 Å². The highest BCUT2D eigenvalue weighted by molar-refractivity contribution is 6.22. The van der Waals surface area contributed by atoms with Crippen molar-refractivity contribution in [3.63, 3.8) is 0 Å². The molecule has 1 nitrogen and oxygen atoms in total. The second-order valence-corrected chi connectivity index (χ2v) is 10.6. The van der Waals surface area contributed by atoms with Crippen molar-refractivity contribution in [2.75, 3.05) is 0 Å². The molecule has 1 heteroatoms. The van der Waals surface area contributed by atoms with Crippen molar-refractivity contribution < 1.29 is 15.4 Å². The molecule has 0 bridgehead atoms. The minimum absolute atomic E-state index is 0.183. The average Bonchev–Trinajstić information content (AvgIpc) is 3.56. The standard InChI is InChI=1S/C42H26O/c1-2-13-28(14-3-1)39-33-18-6-8-20-35(33)40(36-21-9-7-19-34(36)39)30-16-10-15-29(26-30)32-22-11-23-37-38-25-24-27-12-4-5-17-31(27)41(38)43-42(32)37/h1-26H/i6D,7D,8D,9D,18D,19D,20D,21D. The van der Waals surface area contributed by atoms with Gasteiger partial charge in [-0.1, -0.05) is 145 Å². The second-order valence-electron chi connectivity index (χ2n) is 10.6. The van der Waals surface area contributed by atoms with Gasteiger partial charge in [0.25, 0.3) is 0 Å². The summed E-state index contributed by atoms with van der Waals surface area (Å²) in [6, 6.07) is 31.8. The Morgan fingerprint density at radius 3 is 1.70 bits per heavy atom. The third kappa shape index (κ3) is 3.65. The number of benzene rings is 8. The first kappa shape index (κ1) is 17.3. The zero-order valence-corrected chi connectivity index (χ0v) is 22.8. The highest BCUT2D eigenvalue weighted by Gasteiger charge is 2.18. The van der Waals surface area contributed by atoms with Gasteiger partial charge in [-0.15, -0.1) is 0 Å². The molecule has 0 amide bonds. The third-order valence-corrected chi connectivity index (χ3v) is 8.29. The Labute approximate surface area is 260 Å². The van der Waals surface area contributed by atoms with Crippen molar-refractivity contribution in [2.24, 2.45) is 0 Å². The summed E-state index contributed by atoms with van der Waals surface area (Å²) in [6.07, 6.45) is 0. The lowest BCUT2D eigenvalue weighted by Crippen LogP contribution is -1.91. The highest BCUT2D eigenvalue weighted by atomic mass is 16.3. The number of hydrogen-bond acceptors (Lipinski definition) is 1. The van der Waals surface area contributed by atoms with E-state index in [-0.39, 0.29) is 45.7 Å². The fourth-order valence-corrected chi connectivity index (χ4v) is 6.40. The lowest BCUT2D eigenvalue weighted by molar-refractivity contribution is 0.674. The van der Waals surface area contributed by atoms with Crippen LogP contribution in [0.2, 0.25) is 0 Å².